The van der Waals surface area contributed by atoms with Crippen LogP contribution in [0.3, 0.4) is 0 Å². The van der Waals surface area contributed by atoms with Gasteiger partial charge in [-0.3, -0.25) is 0 Å². The van der Waals surface area contributed by atoms with E-state index in [9.17, 15) is 0 Å². The summed E-state index contributed by atoms with van der Waals surface area (Å²) in [5.74, 6) is 0.0389. The Hall–Kier alpha value is -1.26. The summed E-state index contributed by atoms with van der Waals surface area (Å²) >= 11 is 5.88. The van der Waals surface area contributed by atoms with E-state index in [0.717, 1.165) is 5.56 Å². The number of benzene rings is 1. The fourth-order valence-electron chi connectivity index (χ4n) is 0.910. The number of halogens is 1. The molecule has 0 radical (unpaired) electrons. The highest BCUT2D eigenvalue weighted by Crippen LogP contribution is 2.15. The van der Waals surface area contributed by atoms with Gasteiger partial charge in [-0.05, 0) is 11.6 Å². The van der Waals surface area contributed by atoms with E-state index in [4.69, 9.17) is 27.3 Å². The quantitative estimate of drug-likeness (QED) is 0.346. The molecule has 0 heterocycles. The van der Waals surface area contributed by atoms with Crippen LogP contribution in [-0.2, 0) is 11.3 Å². The number of hydrogen-bond acceptors (Lipinski definition) is 3. The molecule has 0 aromatic heterocycles. The van der Waals surface area contributed by atoms with E-state index < -0.39 is 0 Å². The Kier molecular flexibility index (Phi) is 4.22. The third-order valence-electron chi connectivity index (χ3n) is 1.59. The molecule has 76 valence electrons. The van der Waals surface area contributed by atoms with Crippen molar-refractivity contribution in [3.63, 3.8) is 0 Å². The van der Waals surface area contributed by atoms with Gasteiger partial charge in [0.2, 0.25) is 0 Å². The molecule has 0 aliphatic heterocycles. The molecular weight excluding hydrogens is 204 g/mol. The molecule has 0 saturated heterocycles. The molecule has 0 unspecified atom stereocenters. The van der Waals surface area contributed by atoms with Gasteiger partial charge >= 0.3 is 0 Å². The van der Waals surface area contributed by atoms with Gasteiger partial charge in [-0.2, -0.15) is 0 Å². The summed E-state index contributed by atoms with van der Waals surface area (Å²) in [6.07, 6.45) is 0. The highest BCUT2D eigenvalue weighted by molar-refractivity contribution is 6.31. The van der Waals surface area contributed by atoms with Crippen LogP contribution in [0.1, 0.15) is 5.56 Å². The van der Waals surface area contributed by atoms with Crippen LogP contribution in [-0.4, -0.2) is 17.6 Å². The second kappa shape index (κ2) is 5.47. The number of nitrogens with zero attached hydrogens (tertiary/aromatic N) is 1. The molecule has 0 fully saturated rings. The van der Waals surface area contributed by atoms with E-state index in [0.29, 0.717) is 11.6 Å². The smallest absolute Gasteiger partial charge is 0.165 e. The monoisotopic (exact) mass is 214 g/mol. The van der Waals surface area contributed by atoms with E-state index in [-0.39, 0.29) is 12.4 Å². The van der Waals surface area contributed by atoms with Crippen molar-refractivity contribution in [2.45, 2.75) is 6.61 Å². The number of ether oxygens (including phenoxy) is 1. The fourth-order valence-corrected chi connectivity index (χ4v) is 1.10. The average Bonchev–Trinajstić information content (AvgIpc) is 2.20. The molecule has 0 saturated carbocycles. The maximum Gasteiger partial charge on any atom is 0.165 e. The van der Waals surface area contributed by atoms with Crippen molar-refractivity contribution in [3.05, 3.63) is 34.9 Å². The van der Waals surface area contributed by atoms with E-state index in [1.54, 1.807) is 6.07 Å². The largest absolute Gasteiger partial charge is 0.409 e. The number of hydrogen-bond donors (Lipinski definition) is 2. The van der Waals surface area contributed by atoms with E-state index in [2.05, 4.69) is 5.16 Å². The molecule has 0 spiro atoms. The molecule has 0 amide bonds. The van der Waals surface area contributed by atoms with Crippen LogP contribution >= 0.6 is 11.6 Å². The number of nitrogens with two attached hydrogens (primary N) is 1. The zero-order valence-electron chi connectivity index (χ0n) is 7.48. The Morgan fingerprint density at radius 2 is 2.21 bits per heavy atom. The minimum atomic E-state index is 0.0389. The molecule has 14 heavy (non-hydrogen) atoms. The first-order valence-electron chi connectivity index (χ1n) is 4.01. The number of amidine groups is 1. The topological polar surface area (TPSA) is 67.8 Å². The summed E-state index contributed by atoms with van der Waals surface area (Å²) in [7, 11) is 0. The van der Waals surface area contributed by atoms with Crippen LogP contribution in [0, 0.1) is 0 Å². The predicted molar refractivity (Wildman–Crippen MR) is 54.5 cm³/mol. The Balaban J connectivity index is 2.43. The highest BCUT2D eigenvalue weighted by Gasteiger charge is 1.99. The van der Waals surface area contributed by atoms with Crippen LogP contribution in [0.2, 0.25) is 5.02 Å². The van der Waals surface area contributed by atoms with Crippen molar-refractivity contribution in [1.82, 2.24) is 0 Å². The summed E-state index contributed by atoms with van der Waals surface area (Å²) in [5, 5.41) is 11.7. The molecule has 0 aliphatic rings. The maximum atomic E-state index is 8.24. The van der Waals surface area contributed by atoms with E-state index in [1.165, 1.54) is 0 Å². The van der Waals surface area contributed by atoms with Gasteiger partial charge < -0.3 is 15.7 Å². The first-order chi connectivity index (χ1) is 6.74. The third-order valence-corrected chi connectivity index (χ3v) is 1.96. The standard InChI is InChI=1S/C9H11ClN2O2/c10-8-4-2-1-3-7(8)5-14-6-9(11)12-13/h1-4,13H,5-6H2,(H2,11,12). The molecule has 3 N–H and O–H groups in total. The van der Waals surface area contributed by atoms with Crippen molar-refractivity contribution in [1.29, 1.82) is 0 Å². The molecule has 0 aliphatic carbocycles. The van der Waals surface area contributed by atoms with Crippen molar-refractivity contribution in [2.75, 3.05) is 6.61 Å². The Morgan fingerprint density at radius 3 is 2.86 bits per heavy atom. The van der Waals surface area contributed by atoms with Gasteiger partial charge in [0, 0.05) is 5.02 Å². The number of oxime groups is 1. The minimum absolute atomic E-state index is 0.0389. The van der Waals surface area contributed by atoms with Gasteiger partial charge in [-0.1, -0.05) is 35.0 Å². The summed E-state index contributed by atoms with van der Waals surface area (Å²) in [6.45, 7) is 0.428. The van der Waals surface area contributed by atoms with Crippen LogP contribution in [0.4, 0.5) is 0 Å². The van der Waals surface area contributed by atoms with Crippen molar-refractivity contribution < 1.29 is 9.94 Å². The lowest BCUT2D eigenvalue weighted by Crippen LogP contribution is -2.18. The van der Waals surface area contributed by atoms with Gasteiger partial charge in [0.05, 0.1) is 6.61 Å². The predicted octanol–water partition coefficient (Wildman–Crippen LogP) is 1.60. The summed E-state index contributed by atoms with van der Waals surface area (Å²) in [6, 6.07) is 7.35. The van der Waals surface area contributed by atoms with E-state index in [1.807, 2.05) is 18.2 Å². The summed E-state index contributed by atoms with van der Waals surface area (Å²) < 4.78 is 5.15. The summed E-state index contributed by atoms with van der Waals surface area (Å²) in [5.41, 5.74) is 6.09. The van der Waals surface area contributed by atoms with Crippen LogP contribution < -0.4 is 5.73 Å². The first-order valence-corrected chi connectivity index (χ1v) is 4.39. The molecule has 5 heteroatoms. The van der Waals surface area contributed by atoms with Gasteiger partial charge in [0.1, 0.15) is 6.61 Å². The minimum Gasteiger partial charge on any atom is -0.409 e. The van der Waals surface area contributed by atoms with Gasteiger partial charge in [-0.25, -0.2) is 0 Å². The fraction of sp³-hybridized carbons (Fsp3) is 0.222. The molecule has 0 bridgehead atoms. The van der Waals surface area contributed by atoms with Crippen LogP contribution in [0.5, 0.6) is 0 Å². The van der Waals surface area contributed by atoms with Crippen LogP contribution in [0.15, 0.2) is 29.4 Å². The first kappa shape index (κ1) is 10.8. The normalized spacial score (nSPS) is 11.6. The van der Waals surface area contributed by atoms with E-state index >= 15 is 0 Å². The molecule has 1 rings (SSSR count). The van der Waals surface area contributed by atoms with Crippen molar-refractivity contribution >= 4 is 17.4 Å². The highest BCUT2D eigenvalue weighted by atomic mass is 35.5. The lowest BCUT2D eigenvalue weighted by Gasteiger charge is -2.04. The lowest BCUT2D eigenvalue weighted by atomic mass is 10.2. The second-order valence-corrected chi connectivity index (χ2v) is 3.08. The van der Waals surface area contributed by atoms with Crippen molar-refractivity contribution in [3.8, 4) is 0 Å². The zero-order chi connectivity index (χ0) is 10.4. The third kappa shape index (κ3) is 3.24. The molecule has 4 nitrogen and oxygen atoms in total. The molecule has 0 atom stereocenters. The van der Waals surface area contributed by atoms with Gasteiger partial charge in [0.25, 0.3) is 0 Å². The Morgan fingerprint density at radius 1 is 1.50 bits per heavy atom. The number of rotatable bonds is 4. The van der Waals surface area contributed by atoms with Crippen LogP contribution in [0.25, 0.3) is 0 Å². The second-order valence-electron chi connectivity index (χ2n) is 2.68. The molecular formula is C9H11ClN2O2. The van der Waals surface area contributed by atoms with Gasteiger partial charge in [0.15, 0.2) is 5.84 Å². The SMILES string of the molecule is N/C(COCc1ccccc1Cl)=N\O. The van der Waals surface area contributed by atoms with Crippen molar-refractivity contribution in [2.24, 2.45) is 10.9 Å². The summed E-state index contributed by atoms with van der Waals surface area (Å²) in [4.78, 5) is 0. The molecule has 1 aromatic carbocycles. The lowest BCUT2D eigenvalue weighted by molar-refractivity contribution is 0.154. The van der Waals surface area contributed by atoms with Gasteiger partial charge in [-0.15, -0.1) is 0 Å². The average molecular weight is 215 g/mol. The maximum absolute atomic E-state index is 8.24. The zero-order valence-corrected chi connectivity index (χ0v) is 8.24. The Bertz CT molecular complexity index is 328. The Labute approximate surface area is 86.9 Å². The molecule has 1 aromatic rings.